The van der Waals surface area contributed by atoms with E-state index in [-0.39, 0.29) is 17.9 Å². The van der Waals surface area contributed by atoms with Crippen LogP contribution in [0.4, 0.5) is 10.5 Å². The predicted molar refractivity (Wildman–Crippen MR) is 130 cm³/mol. The average Bonchev–Trinajstić information content (AvgIpc) is 3.24. The monoisotopic (exact) mass is 528 g/mol. The third kappa shape index (κ3) is 3.62. The molecule has 2 heterocycles. The Kier molecular flexibility index (Phi) is 5.52. The van der Waals surface area contributed by atoms with E-state index in [2.05, 4.69) is 28.1 Å². The summed E-state index contributed by atoms with van der Waals surface area (Å²) in [6.07, 6.45) is 1.00. The van der Waals surface area contributed by atoms with Crippen molar-refractivity contribution >= 4 is 56.8 Å². The summed E-state index contributed by atoms with van der Waals surface area (Å²) in [5.41, 5.74) is 1.58. The van der Waals surface area contributed by atoms with Crippen LogP contribution in [0.5, 0.6) is 0 Å². The van der Waals surface area contributed by atoms with E-state index in [1.807, 2.05) is 42.5 Å². The summed E-state index contributed by atoms with van der Waals surface area (Å²) in [7, 11) is 0. The number of anilines is 1. The van der Waals surface area contributed by atoms with Gasteiger partial charge in [-0.3, -0.25) is 4.79 Å². The molecule has 2 saturated heterocycles. The molecule has 3 aromatic rings. The highest BCUT2D eigenvalue weighted by Crippen LogP contribution is 2.47. The van der Waals surface area contributed by atoms with Gasteiger partial charge in [-0.1, -0.05) is 81.6 Å². The first kappa shape index (κ1) is 21.5. The maximum atomic E-state index is 14.0. The van der Waals surface area contributed by atoms with E-state index in [4.69, 9.17) is 23.2 Å². The number of rotatable bonds is 4. The molecule has 3 amide bonds. The highest BCUT2D eigenvalue weighted by Gasteiger charge is 2.62. The van der Waals surface area contributed by atoms with Crippen LogP contribution in [0, 0.1) is 0 Å². The molecule has 32 heavy (non-hydrogen) atoms. The van der Waals surface area contributed by atoms with Gasteiger partial charge in [-0.05, 0) is 47.9 Å². The molecule has 2 aliphatic rings. The molecule has 0 radical (unpaired) electrons. The molecule has 0 aliphatic carbocycles. The number of carbonyl (C=O) groups excluding carboxylic acids is 2. The second-order valence-corrected chi connectivity index (χ2v) is 10.1. The van der Waals surface area contributed by atoms with E-state index >= 15 is 0 Å². The third-order valence-corrected chi connectivity index (χ3v) is 7.28. The van der Waals surface area contributed by atoms with Crippen LogP contribution in [0.2, 0.25) is 10.0 Å². The maximum absolute atomic E-state index is 14.0. The van der Waals surface area contributed by atoms with Crippen LogP contribution < -0.4 is 4.90 Å². The van der Waals surface area contributed by atoms with E-state index < -0.39 is 5.54 Å². The minimum absolute atomic E-state index is 0.0876. The van der Waals surface area contributed by atoms with E-state index in [1.165, 1.54) is 4.90 Å². The normalized spacial score (nSPS) is 22.5. The SMILES string of the molecule is O=C1N(c2cc(Cl)cc(Cl)c2)C(=O)C2(Cc3ccc(Br)cc3)C[C@@H](c3ccccc3)CN12. The lowest BCUT2D eigenvalue weighted by Crippen LogP contribution is -2.47. The number of nitrogens with zero attached hydrogens (tertiary/aromatic N) is 2. The molecule has 7 heteroatoms. The molecular weight excluding hydrogens is 511 g/mol. The topological polar surface area (TPSA) is 40.6 Å². The largest absolute Gasteiger partial charge is 0.332 e. The fourth-order valence-corrected chi connectivity index (χ4v) is 5.66. The van der Waals surface area contributed by atoms with Crippen molar-refractivity contribution in [3.05, 3.63) is 98.4 Å². The van der Waals surface area contributed by atoms with Crippen molar-refractivity contribution in [2.75, 3.05) is 11.4 Å². The second-order valence-electron chi connectivity index (χ2n) is 8.31. The third-order valence-electron chi connectivity index (χ3n) is 6.31. The fraction of sp³-hybridized carbons (Fsp3) is 0.200. The predicted octanol–water partition coefficient (Wildman–Crippen LogP) is 6.69. The van der Waals surface area contributed by atoms with Gasteiger partial charge in [0, 0.05) is 33.4 Å². The number of carbonyl (C=O) groups is 2. The molecular formula is C25H19BrCl2N2O2. The first-order valence-electron chi connectivity index (χ1n) is 10.3. The number of benzene rings is 3. The summed E-state index contributed by atoms with van der Waals surface area (Å²) < 4.78 is 0.966. The van der Waals surface area contributed by atoms with Gasteiger partial charge < -0.3 is 4.90 Å². The minimum Gasteiger partial charge on any atom is -0.308 e. The smallest absolute Gasteiger partial charge is 0.308 e. The lowest BCUT2D eigenvalue weighted by atomic mass is 9.83. The Labute approximate surface area is 204 Å². The molecule has 162 valence electrons. The molecule has 2 atom stereocenters. The number of amides is 3. The highest BCUT2D eigenvalue weighted by atomic mass is 79.9. The van der Waals surface area contributed by atoms with Crippen LogP contribution in [0.25, 0.3) is 0 Å². The molecule has 0 saturated carbocycles. The quantitative estimate of drug-likeness (QED) is 0.353. The summed E-state index contributed by atoms with van der Waals surface area (Å²) in [5.74, 6) is -0.146. The van der Waals surface area contributed by atoms with Gasteiger partial charge in [0.25, 0.3) is 5.91 Å². The van der Waals surface area contributed by atoms with Crippen LogP contribution in [0.15, 0.2) is 77.3 Å². The zero-order valence-electron chi connectivity index (χ0n) is 17.0. The lowest BCUT2D eigenvalue weighted by Gasteiger charge is -2.28. The van der Waals surface area contributed by atoms with Crippen molar-refractivity contribution in [1.29, 1.82) is 0 Å². The molecule has 0 spiro atoms. The Balaban J connectivity index is 1.57. The zero-order chi connectivity index (χ0) is 22.5. The average molecular weight is 530 g/mol. The summed E-state index contributed by atoms with van der Waals surface area (Å²) in [4.78, 5) is 30.5. The van der Waals surface area contributed by atoms with Gasteiger partial charge in [0.1, 0.15) is 5.54 Å². The van der Waals surface area contributed by atoms with Crippen LogP contribution >= 0.6 is 39.1 Å². The Hall–Kier alpha value is -2.34. The first-order chi connectivity index (χ1) is 15.4. The zero-order valence-corrected chi connectivity index (χ0v) is 20.1. The molecule has 2 aliphatic heterocycles. The molecule has 4 nitrogen and oxygen atoms in total. The first-order valence-corrected chi connectivity index (χ1v) is 11.8. The van der Waals surface area contributed by atoms with Crippen molar-refractivity contribution in [1.82, 2.24) is 4.90 Å². The Bertz CT molecular complexity index is 1180. The van der Waals surface area contributed by atoms with Gasteiger partial charge >= 0.3 is 6.03 Å². The van der Waals surface area contributed by atoms with Gasteiger partial charge in [-0.2, -0.15) is 0 Å². The molecule has 0 aromatic heterocycles. The van der Waals surface area contributed by atoms with E-state index in [0.29, 0.717) is 35.1 Å². The van der Waals surface area contributed by atoms with Crippen molar-refractivity contribution in [3.63, 3.8) is 0 Å². The standard InChI is InChI=1S/C25H19BrCl2N2O2/c26-19-8-6-16(7-9-19)13-25-14-18(17-4-2-1-3-5-17)15-29(25)24(32)30(23(25)31)22-11-20(27)10-21(28)12-22/h1-12,18H,13-15H2/t18-,25?/m1/s1. The van der Waals surface area contributed by atoms with Crippen molar-refractivity contribution < 1.29 is 9.59 Å². The van der Waals surface area contributed by atoms with Gasteiger partial charge in [-0.25, -0.2) is 9.69 Å². The Morgan fingerprint density at radius 3 is 2.25 bits per heavy atom. The van der Waals surface area contributed by atoms with Gasteiger partial charge in [0.2, 0.25) is 0 Å². The van der Waals surface area contributed by atoms with Gasteiger partial charge in [-0.15, -0.1) is 0 Å². The molecule has 5 rings (SSSR count). The number of fused-ring (bicyclic) bond motifs is 1. The minimum atomic E-state index is -0.958. The summed E-state index contributed by atoms with van der Waals surface area (Å²) in [6, 6.07) is 22.4. The van der Waals surface area contributed by atoms with E-state index in [0.717, 1.165) is 15.6 Å². The molecule has 0 bridgehead atoms. The van der Waals surface area contributed by atoms with Crippen molar-refractivity contribution in [2.45, 2.75) is 24.3 Å². The van der Waals surface area contributed by atoms with E-state index in [1.54, 1.807) is 23.1 Å². The van der Waals surface area contributed by atoms with Crippen LogP contribution in [-0.2, 0) is 11.2 Å². The summed E-state index contributed by atoms with van der Waals surface area (Å²) in [5, 5.41) is 0.758. The number of hydrogen-bond acceptors (Lipinski definition) is 2. The van der Waals surface area contributed by atoms with Crippen molar-refractivity contribution in [2.24, 2.45) is 0 Å². The lowest BCUT2D eigenvalue weighted by molar-refractivity contribution is -0.124. The van der Waals surface area contributed by atoms with Gasteiger partial charge in [0.05, 0.1) is 5.69 Å². The Morgan fingerprint density at radius 2 is 1.59 bits per heavy atom. The summed E-state index contributed by atoms with van der Waals surface area (Å²) in [6.45, 7) is 0.482. The second kappa shape index (κ2) is 8.22. The molecule has 1 unspecified atom stereocenters. The summed E-state index contributed by atoms with van der Waals surface area (Å²) >= 11 is 15.8. The highest BCUT2D eigenvalue weighted by molar-refractivity contribution is 9.10. The van der Waals surface area contributed by atoms with Crippen LogP contribution in [-0.4, -0.2) is 28.9 Å². The van der Waals surface area contributed by atoms with Gasteiger partial charge in [0.15, 0.2) is 0 Å². The van der Waals surface area contributed by atoms with E-state index in [9.17, 15) is 9.59 Å². The van der Waals surface area contributed by atoms with Crippen LogP contribution in [0.1, 0.15) is 23.5 Å². The molecule has 3 aromatic carbocycles. The Morgan fingerprint density at radius 1 is 0.938 bits per heavy atom. The maximum Gasteiger partial charge on any atom is 0.332 e. The number of halogens is 3. The molecule has 2 fully saturated rings. The van der Waals surface area contributed by atoms with Crippen LogP contribution in [0.3, 0.4) is 0 Å². The number of imide groups is 1. The molecule has 0 N–H and O–H groups in total. The fourth-order valence-electron chi connectivity index (χ4n) is 4.88. The van der Waals surface area contributed by atoms with Crippen molar-refractivity contribution in [3.8, 4) is 0 Å². The number of hydrogen-bond donors (Lipinski definition) is 0. The number of urea groups is 1.